The van der Waals surface area contributed by atoms with Gasteiger partial charge in [0.2, 0.25) is 0 Å². The number of allylic oxidation sites excluding steroid dienone is 1. The first-order valence-corrected chi connectivity index (χ1v) is 8.28. The Hall–Kier alpha value is -2.89. The van der Waals surface area contributed by atoms with E-state index in [1.54, 1.807) is 12.1 Å². The van der Waals surface area contributed by atoms with Crippen molar-refractivity contribution < 1.29 is 4.79 Å². The Morgan fingerprint density at radius 1 is 1.36 bits per heavy atom. The van der Waals surface area contributed by atoms with E-state index in [0.717, 1.165) is 35.8 Å². The molecule has 0 bridgehead atoms. The average Bonchev–Trinajstić information content (AvgIpc) is 3.45. The molecule has 6 nitrogen and oxygen atoms in total. The van der Waals surface area contributed by atoms with Crippen molar-refractivity contribution in [2.45, 2.75) is 38.6 Å². The third kappa shape index (κ3) is 3.96. The van der Waals surface area contributed by atoms with Crippen molar-refractivity contribution in [3.05, 3.63) is 64.0 Å². The van der Waals surface area contributed by atoms with E-state index in [4.69, 9.17) is 0 Å². The third-order valence-electron chi connectivity index (χ3n) is 4.13. The van der Waals surface area contributed by atoms with Gasteiger partial charge < -0.3 is 5.32 Å². The first kappa shape index (κ1) is 17.0. The molecule has 1 aromatic carbocycles. The quantitative estimate of drug-likeness (QED) is 0.441. The standard InChI is InChI=1S/C19H20N4O2/c1-12(2)9-15-17(11-24)21-18(13-7-8-13)22-19(15)20-10-14-5-3-4-6-16(14)23-25/h3-6,11,13H,1,7-10H2,2H3,(H,20,21,22). The smallest absolute Gasteiger partial charge is 0.168 e. The third-order valence-corrected chi connectivity index (χ3v) is 4.13. The Labute approximate surface area is 146 Å². The SMILES string of the molecule is C=C(C)Cc1c(C=O)nc(C2CC2)nc1NCc1ccccc1N=O. The number of aromatic nitrogens is 2. The predicted molar refractivity (Wildman–Crippen MR) is 97.1 cm³/mol. The number of hydrogen-bond acceptors (Lipinski definition) is 6. The van der Waals surface area contributed by atoms with E-state index in [2.05, 4.69) is 27.0 Å². The molecule has 0 amide bonds. The number of nitroso groups, excluding NO2 is 1. The van der Waals surface area contributed by atoms with Crippen LogP contribution < -0.4 is 5.32 Å². The zero-order chi connectivity index (χ0) is 17.8. The van der Waals surface area contributed by atoms with Crippen LogP contribution >= 0.6 is 0 Å². The minimum Gasteiger partial charge on any atom is -0.366 e. The molecule has 6 heteroatoms. The van der Waals surface area contributed by atoms with Crippen LogP contribution in [-0.4, -0.2) is 16.3 Å². The Balaban J connectivity index is 1.94. The first-order valence-electron chi connectivity index (χ1n) is 8.28. The van der Waals surface area contributed by atoms with Crippen molar-refractivity contribution in [2.75, 3.05) is 5.32 Å². The minimum absolute atomic E-state index is 0.335. The fourth-order valence-electron chi connectivity index (χ4n) is 2.69. The lowest BCUT2D eigenvalue weighted by Gasteiger charge is -2.15. The van der Waals surface area contributed by atoms with Crippen LogP contribution in [0.4, 0.5) is 11.5 Å². The number of aldehydes is 1. The molecule has 0 unspecified atom stereocenters. The van der Waals surface area contributed by atoms with E-state index in [9.17, 15) is 9.70 Å². The zero-order valence-electron chi connectivity index (χ0n) is 14.2. The van der Waals surface area contributed by atoms with E-state index in [1.807, 2.05) is 19.1 Å². The summed E-state index contributed by atoms with van der Waals surface area (Å²) >= 11 is 0. The van der Waals surface area contributed by atoms with Crippen LogP contribution in [0.25, 0.3) is 0 Å². The monoisotopic (exact) mass is 336 g/mol. The van der Waals surface area contributed by atoms with Crippen molar-refractivity contribution in [1.29, 1.82) is 0 Å². The molecule has 0 aliphatic heterocycles. The highest BCUT2D eigenvalue weighted by Crippen LogP contribution is 2.39. The summed E-state index contributed by atoms with van der Waals surface area (Å²) < 4.78 is 0. The van der Waals surface area contributed by atoms with Crippen LogP contribution in [0.2, 0.25) is 0 Å². The number of nitrogens with zero attached hydrogens (tertiary/aromatic N) is 3. The lowest BCUT2D eigenvalue weighted by molar-refractivity contribution is 0.111. The van der Waals surface area contributed by atoms with E-state index in [1.165, 1.54) is 0 Å². The summed E-state index contributed by atoms with van der Waals surface area (Å²) in [5.41, 5.74) is 3.23. The second-order valence-corrected chi connectivity index (χ2v) is 6.39. The molecule has 1 aliphatic rings. The van der Waals surface area contributed by atoms with E-state index in [0.29, 0.717) is 41.9 Å². The normalized spacial score (nSPS) is 13.3. The van der Waals surface area contributed by atoms with Gasteiger partial charge in [-0.2, -0.15) is 0 Å². The van der Waals surface area contributed by atoms with E-state index >= 15 is 0 Å². The predicted octanol–water partition coefficient (Wildman–Crippen LogP) is 4.30. The molecule has 128 valence electrons. The molecular weight excluding hydrogens is 316 g/mol. The number of nitrogens with one attached hydrogen (secondary N) is 1. The summed E-state index contributed by atoms with van der Waals surface area (Å²) in [6.07, 6.45) is 3.40. The van der Waals surface area contributed by atoms with Crippen LogP contribution in [0.5, 0.6) is 0 Å². The van der Waals surface area contributed by atoms with Crippen molar-refractivity contribution in [3.63, 3.8) is 0 Å². The van der Waals surface area contributed by atoms with Crippen molar-refractivity contribution >= 4 is 17.8 Å². The van der Waals surface area contributed by atoms with Crippen molar-refractivity contribution in [1.82, 2.24) is 9.97 Å². The maximum atomic E-state index is 11.5. The summed E-state index contributed by atoms with van der Waals surface area (Å²) in [5.74, 6) is 1.67. The molecule has 1 fully saturated rings. The average molecular weight is 336 g/mol. The number of carbonyl (C=O) groups excluding carboxylic acids is 1. The number of carbonyl (C=O) groups is 1. The first-order chi connectivity index (χ1) is 12.1. The zero-order valence-corrected chi connectivity index (χ0v) is 14.2. The largest absolute Gasteiger partial charge is 0.366 e. The van der Waals surface area contributed by atoms with Gasteiger partial charge in [0.15, 0.2) is 6.29 Å². The van der Waals surface area contributed by atoms with Gasteiger partial charge in [-0.25, -0.2) is 9.97 Å². The number of rotatable bonds is 8. The van der Waals surface area contributed by atoms with Crippen LogP contribution in [0.3, 0.4) is 0 Å². The molecule has 1 aromatic heterocycles. The minimum atomic E-state index is 0.335. The van der Waals surface area contributed by atoms with Gasteiger partial charge in [-0.15, -0.1) is 4.91 Å². The van der Waals surface area contributed by atoms with Gasteiger partial charge in [-0.05, 0) is 37.4 Å². The Morgan fingerprint density at radius 3 is 2.76 bits per heavy atom. The fourth-order valence-corrected chi connectivity index (χ4v) is 2.69. The molecule has 1 heterocycles. The van der Waals surface area contributed by atoms with Crippen LogP contribution in [0, 0.1) is 4.91 Å². The molecule has 2 aromatic rings. The van der Waals surface area contributed by atoms with E-state index < -0.39 is 0 Å². The lowest BCUT2D eigenvalue weighted by atomic mass is 10.1. The van der Waals surface area contributed by atoms with Crippen LogP contribution in [0.15, 0.2) is 41.6 Å². The molecule has 1 N–H and O–H groups in total. The second-order valence-electron chi connectivity index (χ2n) is 6.39. The highest BCUT2D eigenvalue weighted by Gasteiger charge is 2.28. The molecule has 3 rings (SSSR count). The van der Waals surface area contributed by atoms with Gasteiger partial charge in [0.25, 0.3) is 0 Å². The van der Waals surface area contributed by atoms with Crippen LogP contribution in [-0.2, 0) is 13.0 Å². The Morgan fingerprint density at radius 2 is 2.12 bits per heavy atom. The molecule has 0 spiro atoms. The topological polar surface area (TPSA) is 84.3 Å². The van der Waals surface area contributed by atoms with Gasteiger partial charge >= 0.3 is 0 Å². The summed E-state index contributed by atoms with van der Waals surface area (Å²) in [6.45, 7) is 6.22. The highest BCUT2D eigenvalue weighted by molar-refractivity contribution is 5.77. The number of benzene rings is 1. The maximum absolute atomic E-state index is 11.5. The van der Waals surface area contributed by atoms with Crippen molar-refractivity contribution in [3.8, 4) is 0 Å². The summed E-state index contributed by atoms with van der Waals surface area (Å²) in [5, 5.41) is 6.31. The highest BCUT2D eigenvalue weighted by atomic mass is 16.3. The number of hydrogen-bond donors (Lipinski definition) is 1. The van der Waals surface area contributed by atoms with Gasteiger partial charge in [0.05, 0.1) is 0 Å². The summed E-state index contributed by atoms with van der Waals surface area (Å²) in [4.78, 5) is 31.5. The van der Waals surface area contributed by atoms with Crippen LogP contribution in [0.1, 0.15) is 53.1 Å². The van der Waals surface area contributed by atoms with Gasteiger partial charge in [0.1, 0.15) is 23.0 Å². The van der Waals surface area contributed by atoms with Gasteiger partial charge in [-0.1, -0.05) is 30.4 Å². The molecule has 1 aliphatic carbocycles. The molecule has 0 radical (unpaired) electrons. The molecule has 0 atom stereocenters. The molecule has 1 saturated carbocycles. The fraction of sp³-hybridized carbons (Fsp3) is 0.316. The number of anilines is 1. The molecule has 0 saturated heterocycles. The molecule has 25 heavy (non-hydrogen) atoms. The summed E-state index contributed by atoms with van der Waals surface area (Å²) in [6, 6.07) is 7.14. The maximum Gasteiger partial charge on any atom is 0.168 e. The van der Waals surface area contributed by atoms with Gasteiger partial charge in [0, 0.05) is 23.6 Å². The Bertz CT molecular complexity index is 828. The van der Waals surface area contributed by atoms with Gasteiger partial charge in [-0.3, -0.25) is 4.79 Å². The second kappa shape index (κ2) is 7.34. The lowest BCUT2D eigenvalue weighted by Crippen LogP contribution is -2.12. The summed E-state index contributed by atoms with van der Waals surface area (Å²) in [7, 11) is 0. The van der Waals surface area contributed by atoms with E-state index in [-0.39, 0.29) is 0 Å². The molecular formula is C19H20N4O2. The van der Waals surface area contributed by atoms with Crippen molar-refractivity contribution in [2.24, 2.45) is 5.18 Å². The Kier molecular flexibility index (Phi) is 4.97.